The standard InChI is InChI=1S/2C25H18N2.4C21H16N2/c1-17-26-24(19-10-3-2-4-11-19)23-16-8-15-22(25(23)27-17)21-14-7-12-18-9-5-6-13-20(18)21;1-17-26-24-16-20(22-13-7-11-18-8-5-6-12-21(18)22)14-15-23(24)25(27-17)19-9-3-2-4-10-19;1-15-22-19-14-8-13-18(16-9-4-2-5-10-16)20(19)21(23-15)17-11-6-3-7-12-17;1-15-22-20(17-11-6-3-7-12-17)19-14-8-13-18(21(19)23-15)16-9-4-2-5-10-16;1-15-22-20-13-12-18(16-8-4-2-5-9-16)14-19(20)21(23-15)17-10-6-3-7-11-17;1-15-22-20-14-18(16-8-4-2-5-9-16)12-13-19(20)21(23-15)17-10-6-3-7-11-17/h2*2-16H,1H3;4*2-14H,1H3. The van der Waals surface area contributed by atoms with E-state index in [1.807, 2.05) is 175 Å². The van der Waals surface area contributed by atoms with Crippen LogP contribution in [0, 0.1) is 41.5 Å². The Hall–Kier alpha value is -19.0. The van der Waals surface area contributed by atoms with Gasteiger partial charge >= 0.3 is 0 Å². The van der Waals surface area contributed by atoms with Gasteiger partial charge in [-0.05, 0) is 161 Å². The minimum atomic E-state index is 0.786. The van der Waals surface area contributed by atoms with Crippen LogP contribution in [0.25, 0.3) is 221 Å². The summed E-state index contributed by atoms with van der Waals surface area (Å²) in [4.78, 5) is 56.4. The fourth-order valence-corrected chi connectivity index (χ4v) is 19.1. The molecule has 0 saturated heterocycles. The minimum absolute atomic E-state index is 0.786. The smallest absolute Gasteiger partial charge is 0.126 e. The molecule has 0 aliphatic carbocycles. The number of hydrogen-bond donors (Lipinski definition) is 0. The number of para-hydroxylation sites is 2. The van der Waals surface area contributed by atoms with E-state index in [1.165, 1.54) is 77.2 Å². The van der Waals surface area contributed by atoms with Crippen LogP contribution in [-0.2, 0) is 0 Å². The predicted molar refractivity (Wildman–Crippen MR) is 606 cm³/mol. The minimum Gasteiger partial charge on any atom is -0.233 e. The first kappa shape index (κ1) is 93.3. The van der Waals surface area contributed by atoms with Crippen LogP contribution in [0.15, 0.2) is 497 Å². The summed E-state index contributed by atoms with van der Waals surface area (Å²) in [7, 11) is 0. The van der Waals surface area contributed by atoms with Crippen LogP contribution < -0.4 is 0 Å². The molecule has 0 amide bonds. The monoisotopic (exact) mass is 1880 g/mol. The van der Waals surface area contributed by atoms with E-state index in [4.69, 9.17) is 39.9 Å². The Morgan fingerprint density at radius 3 is 0.836 bits per heavy atom. The molecule has 0 radical (unpaired) electrons. The van der Waals surface area contributed by atoms with E-state index in [0.29, 0.717) is 0 Å². The lowest BCUT2D eigenvalue weighted by Gasteiger charge is -2.13. The molecule has 0 spiro atoms. The Balaban J connectivity index is 0.000000103. The van der Waals surface area contributed by atoms with Crippen molar-refractivity contribution < 1.29 is 0 Å². The summed E-state index contributed by atoms with van der Waals surface area (Å²) in [6.45, 7) is 11.7. The Labute approximate surface area is 849 Å². The van der Waals surface area contributed by atoms with Gasteiger partial charge in [0, 0.05) is 76.8 Å². The molecule has 696 valence electrons. The molecule has 6 heterocycles. The maximum absolute atomic E-state index is 4.83. The van der Waals surface area contributed by atoms with Gasteiger partial charge in [0.15, 0.2) is 0 Å². The molecular weight excluding hydrogens is 1780 g/mol. The molecule has 20 aromatic carbocycles. The molecule has 6 aromatic heterocycles. The second kappa shape index (κ2) is 43.4. The van der Waals surface area contributed by atoms with Gasteiger partial charge in [0.05, 0.1) is 67.3 Å². The lowest BCUT2D eigenvalue weighted by Crippen LogP contribution is -1.96. The van der Waals surface area contributed by atoms with Gasteiger partial charge in [-0.25, -0.2) is 59.8 Å². The van der Waals surface area contributed by atoms with Gasteiger partial charge in [-0.3, -0.25) is 0 Å². The van der Waals surface area contributed by atoms with Crippen LogP contribution in [0.2, 0.25) is 0 Å². The summed E-state index contributed by atoms with van der Waals surface area (Å²) in [5, 5.41) is 11.5. The summed E-state index contributed by atoms with van der Waals surface area (Å²) in [5.41, 5.74) is 32.8. The van der Waals surface area contributed by atoms with Gasteiger partial charge in [-0.15, -0.1) is 0 Å². The molecule has 0 fully saturated rings. The maximum Gasteiger partial charge on any atom is 0.126 e. The SMILES string of the molecule is Cc1nc(-c2ccccc2)c2c(-c3ccccc3)cccc2n1.Cc1nc(-c2ccccc2)c2cc(-c3ccccc3)ccc2n1.Cc1nc(-c2ccccc2)c2ccc(-c3cccc4ccccc34)cc2n1.Cc1nc(-c2ccccc2)c2ccc(-c3ccccc3)cc2n1.Cc1nc(-c2ccccc2)c2cccc(-c3cccc4ccccc34)c2n1.Cc1nc(-c2ccccc2)c2cccc(-c3ccccc3)c2n1. The van der Waals surface area contributed by atoms with E-state index in [2.05, 4.69) is 384 Å². The van der Waals surface area contributed by atoms with E-state index in [-0.39, 0.29) is 0 Å². The Bertz CT molecular complexity index is 9070. The molecule has 0 bridgehead atoms. The molecule has 12 nitrogen and oxygen atoms in total. The average Bonchev–Trinajstić information content (AvgIpc) is 0.770. The predicted octanol–water partition coefficient (Wildman–Crippen LogP) is 33.9. The van der Waals surface area contributed by atoms with Gasteiger partial charge < -0.3 is 0 Å². The summed E-state index contributed by atoms with van der Waals surface area (Å²) in [6, 6.07) is 172. The lowest BCUT2D eigenvalue weighted by atomic mass is 9.95. The third kappa shape index (κ3) is 20.8. The molecular formula is C134H100N12. The summed E-state index contributed by atoms with van der Waals surface area (Å²) in [6.07, 6.45) is 0. The normalized spacial score (nSPS) is 10.9. The Kier molecular flexibility index (Phi) is 27.7. The average molecular weight is 1880 g/mol. The van der Waals surface area contributed by atoms with E-state index >= 15 is 0 Å². The number of aryl methyl sites for hydroxylation is 6. The Morgan fingerprint density at radius 1 is 0.123 bits per heavy atom. The summed E-state index contributed by atoms with van der Waals surface area (Å²) < 4.78 is 0. The van der Waals surface area contributed by atoms with Crippen LogP contribution >= 0.6 is 0 Å². The van der Waals surface area contributed by atoms with Crippen molar-refractivity contribution in [3.05, 3.63) is 532 Å². The highest BCUT2D eigenvalue weighted by molar-refractivity contribution is 6.09. The number of nitrogens with zero attached hydrogens (tertiary/aromatic N) is 12. The van der Waals surface area contributed by atoms with Crippen molar-refractivity contribution in [2.75, 3.05) is 0 Å². The first-order valence-corrected chi connectivity index (χ1v) is 49.1. The van der Waals surface area contributed by atoms with Crippen molar-refractivity contribution in [1.82, 2.24) is 59.8 Å². The van der Waals surface area contributed by atoms with E-state index < -0.39 is 0 Å². The molecule has 0 N–H and O–H groups in total. The van der Waals surface area contributed by atoms with Crippen LogP contribution in [-0.4, -0.2) is 59.8 Å². The highest BCUT2D eigenvalue weighted by atomic mass is 14.9. The van der Waals surface area contributed by atoms with Crippen LogP contribution in [0.4, 0.5) is 0 Å². The van der Waals surface area contributed by atoms with Crippen molar-refractivity contribution in [2.24, 2.45) is 0 Å². The Morgan fingerprint density at radius 2 is 0.390 bits per heavy atom. The molecule has 0 aliphatic heterocycles. The van der Waals surface area contributed by atoms with Crippen LogP contribution in [0.3, 0.4) is 0 Å². The second-order valence-corrected chi connectivity index (χ2v) is 35.7. The van der Waals surface area contributed by atoms with Crippen LogP contribution in [0.1, 0.15) is 34.9 Å². The summed E-state index contributed by atoms with van der Waals surface area (Å²) in [5.74, 6) is 4.75. The van der Waals surface area contributed by atoms with E-state index in [1.54, 1.807) is 0 Å². The topological polar surface area (TPSA) is 155 Å². The van der Waals surface area contributed by atoms with Crippen LogP contribution in [0.5, 0.6) is 0 Å². The fourth-order valence-electron chi connectivity index (χ4n) is 19.1. The quantitative estimate of drug-likeness (QED) is 0.114. The zero-order chi connectivity index (χ0) is 99.0. The third-order valence-corrected chi connectivity index (χ3v) is 25.8. The highest BCUT2D eigenvalue weighted by Gasteiger charge is 2.21. The number of benzene rings is 20. The molecule has 0 saturated carbocycles. The zero-order valence-corrected chi connectivity index (χ0v) is 81.7. The van der Waals surface area contributed by atoms with Gasteiger partial charge in [0.2, 0.25) is 0 Å². The highest BCUT2D eigenvalue weighted by Crippen LogP contribution is 2.42. The summed E-state index contributed by atoms with van der Waals surface area (Å²) >= 11 is 0. The molecule has 26 rings (SSSR count). The molecule has 0 aliphatic rings. The lowest BCUT2D eigenvalue weighted by molar-refractivity contribution is 1.10. The van der Waals surface area contributed by atoms with Gasteiger partial charge in [-0.1, -0.05) is 455 Å². The molecule has 0 atom stereocenters. The first-order chi connectivity index (χ1) is 71.9. The molecule has 146 heavy (non-hydrogen) atoms. The van der Waals surface area contributed by atoms with Gasteiger partial charge in [0.1, 0.15) is 34.9 Å². The van der Waals surface area contributed by atoms with Crippen molar-refractivity contribution >= 4 is 87.0 Å². The largest absolute Gasteiger partial charge is 0.233 e. The number of fused-ring (bicyclic) bond motifs is 8. The maximum atomic E-state index is 4.83. The van der Waals surface area contributed by atoms with E-state index in [9.17, 15) is 0 Å². The van der Waals surface area contributed by atoms with Gasteiger partial charge in [-0.2, -0.15) is 0 Å². The van der Waals surface area contributed by atoms with Crippen molar-refractivity contribution in [2.45, 2.75) is 41.5 Å². The van der Waals surface area contributed by atoms with Crippen molar-refractivity contribution in [3.63, 3.8) is 0 Å². The zero-order valence-electron chi connectivity index (χ0n) is 81.7. The number of aromatic nitrogens is 12. The first-order valence-electron chi connectivity index (χ1n) is 49.1. The number of hydrogen-bond acceptors (Lipinski definition) is 12. The third-order valence-electron chi connectivity index (χ3n) is 25.8. The number of rotatable bonds is 12. The molecule has 12 heteroatoms. The second-order valence-electron chi connectivity index (χ2n) is 35.7. The van der Waals surface area contributed by atoms with Crippen molar-refractivity contribution in [3.8, 4) is 134 Å². The van der Waals surface area contributed by atoms with E-state index in [0.717, 1.165) is 179 Å². The fraction of sp³-hybridized carbons (Fsp3) is 0.0448. The van der Waals surface area contributed by atoms with Crippen molar-refractivity contribution in [1.29, 1.82) is 0 Å². The van der Waals surface area contributed by atoms with Gasteiger partial charge in [0.25, 0.3) is 0 Å². The molecule has 0 unspecified atom stereocenters. The molecule has 26 aromatic rings.